The minimum absolute atomic E-state index is 0.0210. The number of benzene rings is 1. The Morgan fingerprint density at radius 3 is 2.91 bits per heavy atom. The van der Waals surface area contributed by atoms with Gasteiger partial charge in [0.2, 0.25) is 5.91 Å². The van der Waals surface area contributed by atoms with Gasteiger partial charge in [-0.25, -0.2) is 0 Å². The van der Waals surface area contributed by atoms with Crippen LogP contribution in [-0.2, 0) is 17.9 Å². The van der Waals surface area contributed by atoms with E-state index >= 15 is 0 Å². The van der Waals surface area contributed by atoms with Crippen LogP contribution in [0.4, 0.5) is 0 Å². The second kappa shape index (κ2) is 6.58. The summed E-state index contributed by atoms with van der Waals surface area (Å²) < 4.78 is 8.04. The van der Waals surface area contributed by atoms with Gasteiger partial charge in [-0.3, -0.25) is 9.59 Å². The van der Waals surface area contributed by atoms with Crippen molar-refractivity contribution < 1.29 is 9.53 Å². The summed E-state index contributed by atoms with van der Waals surface area (Å²) in [5.74, 6) is 0.715. The molecule has 6 heteroatoms. The number of rotatable bonds is 2. The fraction of sp³-hybridized carbons (Fsp3) is 0.294. The Balaban J connectivity index is 1.82. The number of nitrogens with zero attached hydrogens (tertiary/aromatic N) is 2. The van der Waals surface area contributed by atoms with E-state index in [1.807, 2.05) is 31.2 Å². The van der Waals surface area contributed by atoms with Crippen molar-refractivity contribution in [3.63, 3.8) is 0 Å². The Labute approximate surface area is 142 Å². The van der Waals surface area contributed by atoms with Crippen LogP contribution >= 0.6 is 15.9 Å². The highest BCUT2D eigenvalue weighted by atomic mass is 79.9. The lowest BCUT2D eigenvalue weighted by atomic mass is 10.2. The first-order chi connectivity index (χ1) is 11.0. The maximum Gasteiger partial charge on any atom is 0.251 e. The van der Waals surface area contributed by atoms with Crippen molar-refractivity contribution >= 4 is 21.8 Å². The quantitative estimate of drug-likeness (QED) is 0.808. The topological polar surface area (TPSA) is 51.5 Å². The van der Waals surface area contributed by atoms with Crippen molar-refractivity contribution in [2.24, 2.45) is 0 Å². The van der Waals surface area contributed by atoms with E-state index in [2.05, 4.69) is 15.9 Å². The van der Waals surface area contributed by atoms with E-state index in [-0.39, 0.29) is 24.1 Å². The summed E-state index contributed by atoms with van der Waals surface area (Å²) in [5.41, 5.74) is 0.785. The van der Waals surface area contributed by atoms with Gasteiger partial charge in [0.1, 0.15) is 18.4 Å². The second-order valence-electron chi connectivity index (χ2n) is 5.62. The van der Waals surface area contributed by atoms with Gasteiger partial charge in [-0.15, -0.1) is 0 Å². The van der Waals surface area contributed by atoms with Crippen LogP contribution in [0.3, 0.4) is 0 Å². The Hall–Kier alpha value is -2.08. The molecule has 1 atom stereocenters. The predicted octanol–water partition coefficient (Wildman–Crippen LogP) is 2.42. The van der Waals surface area contributed by atoms with Crippen molar-refractivity contribution in [3.05, 3.63) is 63.0 Å². The van der Waals surface area contributed by atoms with Crippen LogP contribution in [0.15, 0.2) is 51.9 Å². The van der Waals surface area contributed by atoms with Gasteiger partial charge < -0.3 is 14.2 Å². The average molecular weight is 377 g/mol. The molecule has 3 rings (SSSR count). The highest BCUT2D eigenvalue weighted by Crippen LogP contribution is 2.24. The van der Waals surface area contributed by atoms with Gasteiger partial charge >= 0.3 is 0 Å². The second-order valence-corrected chi connectivity index (χ2v) is 6.54. The summed E-state index contributed by atoms with van der Waals surface area (Å²) in [4.78, 5) is 26.2. The molecule has 1 unspecified atom stereocenters. The molecule has 1 aliphatic rings. The van der Waals surface area contributed by atoms with Gasteiger partial charge in [0.15, 0.2) is 0 Å². The Morgan fingerprint density at radius 1 is 1.30 bits per heavy atom. The van der Waals surface area contributed by atoms with E-state index in [1.54, 1.807) is 17.2 Å². The first kappa shape index (κ1) is 15.8. The van der Waals surface area contributed by atoms with Crippen molar-refractivity contribution in [3.8, 4) is 5.75 Å². The van der Waals surface area contributed by atoms with Crippen LogP contribution in [0.5, 0.6) is 5.75 Å². The van der Waals surface area contributed by atoms with Crippen LogP contribution in [0.2, 0.25) is 0 Å². The summed E-state index contributed by atoms with van der Waals surface area (Å²) in [6.07, 6.45) is 1.54. The van der Waals surface area contributed by atoms with Crippen LogP contribution < -0.4 is 10.3 Å². The highest BCUT2D eigenvalue weighted by Gasteiger charge is 2.23. The third kappa shape index (κ3) is 3.64. The van der Waals surface area contributed by atoms with Gasteiger partial charge in [-0.1, -0.05) is 18.2 Å². The molecule has 1 aromatic heterocycles. The van der Waals surface area contributed by atoms with Crippen molar-refractivity contribution in [2.75, 3.05) is 6.54 Å². The number of para-hydroxylation sites is 1. The number of fused-ring (bicyclic) bond motifs is 1. The molecule has 0 saturated carbocycles. The number of halogens is 1. The summed E-state index contributed by atoms with van der Waals surface area (Å²) in [6, 6.07) is 10.8. The maximum absolute atomic E-state index is 12.6. The van der Waals surface area contributed by atoms with Crippen LogP contribution in [0, 0.1) is 0 Å². The van der Waals surface area contributed by atoms with Gasteiger partial charge in [-0.05, 0) is 35.0 Å². The lowest BCUT2D eigenvalue weighted by molar-refractivity contribution is -0.133. The Bertz CT molecular complexity index is 787. The summed E-state index contributed by atoms with van der Waals surface area (Å²) in [5, 5.41) is 0. The van der Waals surface area contributed by atoms with Crippen LogP contribution in [0.25, 0.3) is 0 Å². The number of aromatic nitrogens is 1. The lowest BCUT2D eigenvalue weighted by Gasteiger charge is -2.22. The van der Waals surface area contributed by atoms with Crippen LogP contribution in [-0.4, -0.2) is 28.0 Å². The molecule has 1 aliphatic heterocycles. The molecule has 1 aromatic carbocycles. The minimum atomic E-state index is -0.193. The molecule has 0 radical (unpaired) electrons. The molecule has 1 amide bonds. The number of carbonyl (C=O) groups is 1. The van der Waals surface area contributed by atoms with Gasteiger partial charge in [-0.2, -0.15) is 0 Å². The third-order valence-corrected chi connectivity index (χ3v) is 4.21. The fourth-order valence-corrected chi connectivity index (χ4v) is 3.02. The first-order valence-electron chi connectivity index (χ1n) is 7.41. The molecule has 0 bridgehead atoms. The molecular formula is C17H17BrN2O3. The molecule has 0 saturated heterocycles. The molecular weight excluding hydrogens is 360 g/mol. The van der Waals surface area contributed by atoms with E-state index in [1.165, 1.54) is 10.6 Å². The number of amides is 1. The molecule has 5 nitrogen and oxygen atoms in total. The number of hydrogen-bond acceptors (Lipinski definition) is 3. The molecule has 0 N–H and O–H groups in total. The van der Waals surface area contributed by atoms with Crippen molar-refractivity contribution in [1.82, 2.24) is 9.47 Å². The van der Waals surface area contributed by atoms with E-state index < -0.39 is 0 Å². The molecule has 23 heavy (non-hydrogen) atoms. The van der Waals surface area contributed by atoms with E-state index in [0.717, 1.165) is 15.8 Å². The van der Waals surface area contributed by atoms with E-state index in [0.29, 0.717) is 13.1 Å². The lowest BCUT2D eigenvalue weighted by Crippen LogP contribution is -2.39. The van der Waals surface area contributed by atoms with Gasteiger partial charge in [0, 0.05) is 28.8 Å². The van der Waals surface area contributed by atoms with E-state index in [9.17, 15) is 9.59 Å². The molecule has 2 heterocycles. The number of carbonyl (C=O) groups excluding carboxylic acids is 1. The average Bonchev–Trinajstić information content (AvgIpc) is 2.68. The zero-order valence-electron chi connectivity index (χ0n) is 12.7. The monoisotopic (exact) mass is 376 g/mol. The number of hydrogen-bond donors (Lipinski definition) is 0. The standard InChI is InChI=1S/C17H17BrN2O3/c1-12-8-19(9-13-4-2-3-5-15(13)23-12)17(22)11-20-10-14(18)6-7-16(20)21/h2-7,10,12H,8-9,11H2,1H3. The Morgan fingerprint density at radius 2 is 2.09 bits per heavy atom. The van der Waals surface area contributed by atoms with Gasteiger partial charge in [0.05, 0.1) is 6.54 Å². The zero-order chi connectivity index (χ0) is 16.4. The van der Waals surface area contributed by atoms with Crippen molar-refractivity contribution in [1.29, 1.82) is 0 Å². The third-order valence-electron chi connectivity index (χ3n) is 3.75. The molecule has 0 aliphatic carbocycles. The minimum Gasteiger partial charge on any atom is -0.489 e. The van der Waals surface area contributed by atoms with Gasteiger partial charge in [0.25, 0.3) is 5.56 Å². The number of ether oxygens (including phenoxy) is 1. The zero-order valence-corrected chi connectivity index (χ0v) is 14.3. The first-order valence-corrected chi connectivity index (χ1v) is 8.20. The SMILES string of the molecule is CC1CN(C(=O)Cn2cc(Br)ccc2=O)Cc2ccccc2O1. The molecule has 2 aromatic rings. The number of pyridine rings is 1. The summed E-state index contributed by atoms with van der Waals surface area (Å²) in [7, 11) is 0. The van der Waals surface area contributed by atoms with Crippen molar-refractivity contribution in [2.45, 2.75) is 26.1 Å². The normalized spacial score (nSPS) is 17.1. The smallest absolute Gasteiger partial charge is 0.251 e. The predicted molar refractivity (Wildman–Crippen MR) is 90.4 cm³/mol. The largest absolute Gasteiger partial charge is 0.489 e. The molecule has 0 spiro atoms. The molecule has 0 fully saturated rings. The molecule has 120 valence electrons. The Kier molecular flexibility index (Phi) is 4.52. The summed E-state index contributed by atoms with van der Waals surface area (Å²) in [6.45, 7) is 2.94. The fourth-order valence-electron chi connectivity index (χ4n) is 2.65. The van der Waals surface area contributed by atoms with E-state index in [4.69, 9.17) is 4.74 Å². The highest BCUT2D eigenvalue weighted by molar-refractivity contribution is 9.10. The maximum atomic E-state index is 12.6. The van der Waals surface area contributed by atoms with Crippen LogP contribution in [0.1, 0.15) is 12.5 Å². The summed E-state index contributed by atoms with van der Waals surface area (Å²) >= 11 is 3.32.